The minimum Gasteiger partial charge on any atom is 1.00 e. The monoisotopic (exact) mass is 1750 g/mol. The Morgan fingerprint density at radius 3 is 0.0222 bits per heavy atom. The second-order valence-corrected chi connectivity index (χ2v) is 0. The molecule has 0 aromatic carbocycles. The molecule has 0 atom stereocenters. The van der Waals surface area contributed by atoms with Crippen molar-refractivity contribution in [2.24, 2.45) is 0 Å². The Morgan fingerprint density at radius 1 is 0.0222 bits per heavy atom. The topological polar surface area (TPSA) is 0 Å². The molecular weight excluding hydrogens is 1760 g/mol. The van der Waals surface area contributed by atoms with Gasteiger partial charge in [0.2, 0.25) is 0 Å². The maximum atomic E-state index is 0. The fourth-order valence-electron chi connectivity index (χ4n) is 0. The minimum atomic E-state index is 0. The predicted molar refractivity (Wildman–Crippen MR) is 0 cm³/mol. The molecule has 0 valence electrons. The van der Waals surface area contributed by atoms with Gasteiger partial charge in [0.15, 0.2) is 0 Å². The summed E-state index contributed by atoms with van der Waals surface area (Å²) in [4.78, 5) is 0. The summed E-state index contributed by atoms with van der Waals surface area (Å²) in [5, 5.41) is 0. The van der Waals surface area contributed by atoms with Crippen LogP contribution in [0.25, 0.3) is 0 Å². The summed E-state index contributed by atoms with van der Waals surface area (Å²) < 4.78 is 0. The van der Waals surface area contributed by atoms with E-state index in [0.717, 1.165) is 0 Å². The van der Waals surface area contributed by atoms with E-state index < -0.39 is 0 Å². The van der Waals surface area contributed by atoms with Crippen LogP contribution in [0, 0.1) is 0 Å². The van der Waals surface area contributed by atoms with Crippen LogP contribution in [0.5, 0.6) is 0 Å². The predicted octanol–water partition coefficient (Wildman–Crippen LogP) is -135. The van der Waals surface area contributed by atoms with Crippen LogP contribution in [0.4, 0.5) is 0 Å². The molecule has 0 aromatic heterocycles. The number of hydrogen-bond donors (Lipinski definition) is 0. The molecular formula is K45+45. The van der Waals surface area contributed by atoms with E-state index in [4.69, 9.17) is 0 Å². The van der Waals surface area contributed by atoms with Gasteiger partial charge in [-0.3, -0.25) is 0 Å². The van der Waals surface area contributed by atoms with Crippen molar-refractivity contribution in [3.8, 4) is 0 Å². The third kappa shape index (κ3) is 290. The summed E-state index contributed by atoms with van der Waals surface area (Å²) in [6.07, 6.45) is 0. The van der Waals surface area contributed by atoms with Gasteiger partial charge in [-0.2, -0.15) is 0 Å². The van der Waals surface area contributed by atoms with Gasteiger partial charge in [-0.25, -0.2) is 0 Å². The van der Waals surface area contributed by atoms with E-state index >= 15 is 0 Å². The summed E-state index contributed by atoms with van der Waals surface area (Å²) in [5.74, 6) is 0. The van der Waals surface area contributed by atoms with Gasteiger partial charge < -0.3 is 0 Å². The number of hydrogen-bond acceptors (Lipinski definition) is 0. The zero-order chi connectivity index (χ0) is 0. The Morgan fingerprint density at radius 2 is 0.0222 bits per heavy atom. The molecule has 0 N–H and O–H groups in total. The van der Waals surface area contributed by atoms with Gasteiger partial charge >= 0.3 is 2310 Å². The molecule has 0 unspecified atom stereocenters. The third-order valence-corrected chi connectivity index (χ3v) is 0. The van der Waals surface area contributed by atoms with E-state index in [1.807, 2.05) is 0 Å². The van der Waals surface area contributed by atoms with E-state index in [0.29, 0.717) is 0 Å². The average molecular weight is 1760 g/mol. The quantitative estimate of drug-likeness (QED) is 0.212. The van der Waals surface area contributed by atoms with Crippen molar-refractivity contribution in [1.29, 1.82) is 0 Å². The summed E-state index contributed by atoms with van der Waals surface area (Å²) in [6.45, 7) is 0. The molecule has 0 amide bonds. The molecule has 0 aliphatic heterocycles. The van der Waals surface area contributed by atoms with Gasteiger partial charge in [0.25, 0.3) is 0 Å². The SMILES string of the molecule is [K+].[K+].[K+].[K+].[K+].[K+].[K+].[K+].[K+].[K+].[K+].[K+].[K+].[K+].[K+].[K+].[K+].[K+].[K+].[K+].[K+].[K+].[K+].[K+].[K+].[K+].[K+].[K+].[K+].[K+].[K+].[K+].[K+].[K+].[K+].[K+].[K+].[K+].[K+].[K+].[K+].[K+].[K+].[K+].[K+]. The third-order valence-electron chi connectivity index (χ3n) is 0. The normalized spacial score (nSPS) is 0. The molecule has 0 aliphatic carbocycles. The van der Waals surface area contributed by atoms with Crippen LogP contribution in [0.1, 0.15) is 0 Å². The van der Waals surface area contributed by atoms with Crippen molar-refractivity contribution in [2.75, 3.05) is 0 Å². The van der Waals surface area contributed by atoms with Crippen LogP contribution in [0.2, 0.25) is 0 Å². The van der Waals surface area contributed by atoms with Crippen LogP contribution in [-0.4, -0.2) is 0 Å². The zero-order valence-electron chi connectivity index (χ0n) is 45.0. The van der Waals surface area contributed by atoms with Crippen LogP contribution in [0.3, 0.4) is 0 Å². The molecule has 0 rings (SSSR count). The van der Waals surface area contributed by atoms with E-state index in [1.165, 1.54) is 0 Å². The summed E-state index contributed by atoms with van der Waals surface area (Å²) in [6, 6.07) is 0. The number of rotatable bonds is 0. The van der Waals surface area contributed by atoms with Crippen LogP contribution in [0.15, 0.2) is 0 Å². The smallest absolute Gasteiger partial charge is 1.00 e. The largest absolute Gasteiger partial charge is 1.00 e. The van der Waals surface area contributed by atoms with Crippen LogP contribution >= 0.6 is 0 Å². The molecule has 0 aromatic rings. The first-order valence-electron chi connectivity index (χ1n) is 0. The maximum absolute atomic E-state index is 0. The van der Waals surface area contributed by atoms with Gasteiger partial charge in [-0.15, -0.1) is 0 Å². The fourth-order valence-corrected chi connectivity index (χ4v) is 0. The van der Waals surface area contributed by atoms with Crippen molar-refractivity contribution in [2.45, 2.75) is 0 Å². The van der Waals surface area contributed by atoms with Gasteiger partial charge in [0.05, 0.1) is 0 Å². The molecule has 0 nitrogen and oxygen atoms in total. The molecule has 0 bridgehead atoms. The Balaban J connectivity index is 0. The first-order chi connectivity index (χ1) is 0. The van der Waals surface area contributed by atoms with Crippen LogP contribution in [-0.2, 0) is 0 Å². The average Bonchev–Trinajstić information content (AvgIpc) is 0. The summed E-state index contributed by atoms with van der Waals surface area (Å²) in [5.41, 5.74) is 0. The molecule has 0 aliphatic rings. The van der Waals surface area contributed by atoms with Crippen molar-refractivity contribution < 1.29 is 2310 Å². The van der Waals surface area contributed by atoms with E-state index in [-0.39, 0.29) is 2310 Å². The minimum absolute atomic E-state index is 0. The first-order valence-corrected chi connectivity index (χ1v) is 0. The molecule has 0 saturated heterocycles. The molecule has 0 radical (unpaired) electrons. The van der Waals surface area contributed by atoms with E-state index in [9.17, 15) is 0 Å². The molecule has 0 heterocycles. The van der Waals surface area contributed by atoms with E-state index in [1.54, 1.807) is 0 Å². The van der Waals surface area contributed by atoms with Crippen molar-refractivity contribution >= 4 is 0 Å². The van der Waals surface area contributed by atoms with Crippen molar-refractivity contribution in [3.63, 3.8) is 0 Å². The molecule has 45 heavy (non-hydrogen) atoms. The maximum Gasteiger partial charge on any atom is 1.00 e. The molecule has 0 spiro atoms. The van der Waals surface area contributed by atoms with Crippen molar-refractivity contribution in [3.05, 3.63) is 0 Å². The van der Waals surface area contributed by atoms with E-state index in [2.05, 4.69) is 0 Å². The second kappa shape index (κ2) is 295. The summed E-state index contributed by atoms with van der Waals surface area (Å²) in [7, 11) is 0. The molecule has 0 fully saturated rings. The van der Waals surface area contributed by atoms with Gasteiger partial charge in [-0.05, 0) is 0 Å². The fraction of sp³-hybridized carbons (Fsp3) is 0. The summed E-state index contributed by atoms with van der Waals surface area (Å²) >= 11 is 0. The van der Waals surface area contributed by atoms with Crippen molar-refractivity contribution in [1.82, 2.24) is 0 Å². The Hall–Kier alpha value is 73.6. The Bertz CT molecular complexity index is 0. The first kappa shape index (κ1) is 303. The molecule has 45 heteroatoms. The zero-order valence-corrected chi connectivity index (χ0v) is 186. The van der Waals surface area contributed by atoms with Gasteiger partial charge in [0.1, 0.15) is 0 Å². The Kier molecular flexibility index (Phi) is 1990. The Labute approximate surface area is 2200 Å². The van der Waals surface area contributed by atoms with Crippen LogP contribution < -0.4 is 2310 Å². The van der Waals surface area contributed by atoms with Gasteiger partial charge in [-0.1, -0.05) is 0 Å². The molecule has 0 saturated carbocycles. The second-order valence-electron chi connectivity index (χ2n) is 0. The van der Waals surface area contributed by atoms with Gasteiger partial charge in [0, 0.05) is 0 Å². The standard InChI is InChI=1S/45K/q45*+1.